The number of amides is 1. The van der Waals surface area contributed by atoms with Crippen LogP contribution in [0.5, 0.6) is 5.75 Å². The van der Waals surface area contributed by atoms with Gasteiger partial charge >= 0.3 is 0 Å². The van der Waals surface area contributed by atoms with Crippen molar-refractivity contribution in [3.05, 3.63) is 66.4 Å². The number of ether oxygens (including phenoxy) is 2. The third kappa shape index (κ3) is 6.10. The summed E-state index contributed by atoms with van der Waals surface area (Å²) >= 11 is 0. The first-order valence-electron chi connectivity index (χ1n) is 14.4. The van der Waals surface area contributed by atoms with Crippen molar-refractivity contribution in [1.82, 2.24) is 19.8 Å². The molecule has 1 aliphatic carbocycles. The minimum Gasteiger partial charge on any atom is -0.492 e. The van der Waals surface area contributed by atoms with Crippen molar-refractivity contribution < 1.29 is 23.8 Å². The Morgan fingerprint density at radius 1 is 1.20 bits per heavy atom. The molecule has 2 heterocycles. The van der Waals surface area contributed by atoms with Gasteiger partial charge in [-0.25, -0.2) is 9.37 Å². The number of halogens is 1. The van der Waals surface area contributed by atoms with Crippen molar-refractivity contribution >= 4 is 11.6 Å². The third-order valence-electron chi connectivity index (χ3n) is 8.31. The van der Waals surface area contributed by atoms with Crippen molar-refractivity contribution in [2.24, 2.45) is 0 Å². The van der Waals surface area contributed by atoms with Gasteiger partial charge in [0.2, 0.25) is 0 Å². The number of methoxy groups -OCH3 is 2. The molecule has 2 aliphatic rings. The SMILES string of the molecule is COC[C@]1(O)CCCC[C@H]1n1cnc(C(=O)N2CCNC[C@H]2CCNc2cccc(F)c2OC)c1-c1ccccc1. The zero-order valence-electron chi connectivity index (χ0n) is 23.8. The minimum atomic E-state index is -1.04. The van der Waals surface area contributed by atoms with Crippen LogP contribution in [0.4, 0.5) is 10.1 Å². The Kier molecular flexibility index (Phi) is 9.22. The summed E-state index contributed by atoms with van der Waals surface area (Å²) < 4.78 is 26.8. The number of aromatic nitrogens is 2. The Labute approximate surface area is 240 Å². The van der Waals surface area contributed by atoms with E-state index in [1.807, 2.05) is 39.8 Å². The molecule has 0 bridgehead atoms. The smallest absolute Gasteiger partial charge is 0.275 e. The second kappa shape index (κ2) is 13.0. The fourth-order valence-corrected chi connectivity index (χ4v) is 6.31. The fraction of sp³-hybridized carbons (Fsp3) is 0.484. The van der Waals surface area contributed by atoms with Gasteiger partial charge in [-0.05, 0) is 31.4 Å². The molecule has 5 rings (SSSR count). The van der Waals surface area contributed by atoms with Crippen LogP contribution in [0.3, 0.4) is 0 Å². The summed E-state index contributed by atoms with van der Waals surface area (Å²) in [6.07, 6.45) is 5.67. The van der Waals surface area contributed by atoms with E-state index in [4.69, 9.17) is 9.47 Å². The first kappa shape index (κ1) is 29.0. The molecule has 3 N–H and O–H groups in total. The van der Waals surface area contributed by atoms with Crippen molar-refractivity contribution in [2.75, 3.05) is 52.3 Å². The normalized spacial score (nSPS) is 22.9. The predicted molar refractivity (Wildman–Crippen MR) is 156 cm³/mol. The lowest BCUT2D eigenvalue weighted by Gasteiger charge is -2.41. The molecular formula is C31H40FN5O4. The van der Waals surface area contributed by atoms with E-state index in [1.165, 1.54) is 13.2 Å². The largest absolute Gasteiger partial charge is 0.492 e. The molecular weight excluding hydrogens is 525 g/mol. The van der Waals surface area contributed by atoms with E-state index in [9.17, 15) is 14.3 Å². The molecule has 1 saturated heterocycles. The van der Waals surface area contributed by atoms with E-state index in [2.05, 4.69) is 15.6 Å². The van der Waals surface area contributed by atoms with Crippen LogP contribution in [0.15, 0.2) is 54.9 Å². The molecule has 10 heteroatoms. The van der Waals surface area contributed by atoms with Gasteiger partial charge in [-0.2, -0.15) is 0 Å². The van der Waals surface area contributed by atoms with Crippen molar-refractivity contribution in [3.8, 4) is 17.0 Å². The number of nitrogens with zero attached hydrogens (tertiary/aromatic N) is 3. The summed E-state index contributed by atoms with van der Waals surface area (Å²) in [5, 5.41) is 18.3. The number of carbonyl (C=O) groups is 1. The first-order valence-corrected chi connectivity index (χ1v) is 14.4. The van der Waals surface area contributed by atoms with Gasteiger partial charge in [0.25, 0.3) is 5.91 Å². The maximum Gasteiger partial charge on any atom is 0.275 e. The number of anilines is 1. The van der Waals surface area contributed by atoms with E-state index in [-0.39, 0.29) is 30.3 Å². The number of carbonyl (C=O) groups excluding carboxylic acids is 1. The molecule has 0 unspecified atom stereocenters. The van der Waals surface area contributed by atoms with Gasteiger partial charge in [-0.1, -0.05) is 49.2 Å². The fourth-order valence-electron chi connectivity index (χ4n) is 6.31. The van der Waals surface area contributed by atoms with Crippen LogP contribution >= 0.6 is 0 Å². The zero-order valence-corrected chi connectivity index (χ0v) is 23.8. The van der Waals surface area contributed by atoms with Crippen LogP contribution < -0.4 is 15.4 Å². The second-order valence-corrected chi connectivity index (χ2v) is 10.9. The third-order valence-corrected chi connectivity index (χ3v) is 8.31. The summed E-state index contributed by atoms with van der Waals surface area (Å²) in [7, 11) is 3.05. The van der Waals surface area contributed by atoms with Gasteiger partial charge in [0, 0.05) is 44.9 Å². The number of hydrogen-bond donors (Lipinski definition) is 3. The summed E-state index contributed by atoms with van der Waals surface area (Å²) in [5.74, 6) is -0.382. The molecule has 0 spiro atoms. The molecule has 41 heavy (non-hydrogen) atoms. The number of para-hydroxylation sites is 1. The van der Waals surface area contributed by atoms with Crippen LogP contribution in [-0.4, -0.2) is 84.1 Å². The van der Waals surface area contributed by atoms with E-state index >= 15 is 0 Å². The molecule has 1 amide bonds. The average Bonchev–Trinajstić information content (AvgIpc) is 3.43. The van der Waals surface area contributed by atoms with Crippen molar-refractivity contribution in [1.29, 1.82) is 0 Å². The molecule has 2 aromatic carbocycles. The molecule has 220 valence electrons. The highest BCUT2D eigenvalue weighted by Gasteiger charge is 2.42. The van der Waals surface area contributed by atoms with Crippen LogP contribution in [-0.2, 0) is 4.74 Å². The van der Waals surface area contributed by atoms with Crippen molar-refractivity contribution in [3.63, 3.8) is 0 Å². The monoisotopic (exact) mass is 565 g/mol. The lowest BCUT2D eigenvalue weighted by atomic mass is 9.80. The summed E-state index contributed by atoms with van der Waals surface area (Å²) in [4.78, 5) is 20.8. The molecule has 3 aromatic rings. The quantitative estimate of drug-likeness (QED) is 0.340. The number of piperazine rings is 1. The number of imidazole rings is 1. The molecule has 2 fully saturated rings. The molecule has 0 radical (unpaired) electrons. The van der Waals surface area contributed by atoms with Crippen LogP contribution in [0.1, 0.15) is 48.6 Å². The van der Waals surface area contributed by atoms with E-state index in [0.717, 1.165) is 30.5 Å². The maximum atomic E-state index is 14.2. The zero-order chi connectivity index (χ0) is 28.8. The molecule has 9 nitrogen and oxygen atoms in total. The van der Waals surface area contributed by atoms with E-state index in [1.54, 1.807) is 25.6 Å². The maximum absolute atomic E-state index is 14.2. The number of benzene rings is 2. The van der Waals surface area contributed by atoms with Crippen LogP contribution in [0.25, 0.3) is 11.3 Å². The Bertz CT molecular complexity index is 1320. The van der Waals surface area contributed by atoms with Gasteiger partial charge in [0.1, 0.15) is 5.60 Å². The van der Waals surface area contributed by atoms with E-state index in [0.29, 0.717) is 50.4 Å². The van der Waals surface area contributed by atoms with Gasteiger partial charge in [-0.3, -0.25) is 4.79 Å². The Morgan fingerprint density at radius 2 is 2.02 bits per heavy atom. The number of nitrogens with one attached hydrogen (secondary N) is 2. The van der Waals surface area contributed by atoms with Gasteiger partial charge in [0.05, 0.1) is 37.5 Å². The molecule has 1 aliphatic heterocycles. The minimum absolute atomic E-state index is 0.0859. The van der Waals surface area contributed by atoms with E-state index < -0.39 is 11.4 Å². The highest BCUT2D eigenvalue weighted by molar-refractivity contribution is 5.98. The predicted octanol–water partition coefficient (Wildman–Crippen LogP) is 4.11. The summed E-state index contributed by atoms with van der Waals surface area (Å²) in [6.45, 7) is 2.62. The van der Waals surface area contributed by atoms with Crippen LogP contribution in [0, 0.1) is 5.82 Å². The van der Waals surface area contributed by atoms with Crippen molar-refractivity contribution in [2.45, 2.75) is 49.8 Å². The number of aliphatic hydroxyl groups is 1. The second-order valence-electron chi connectivity index (χ2n) is 10.9. The Morgan fingerprint density at radius 3 is 2.80 bits per heavy atom. The molecule has 1 saturated carbocycles. The summed E-state index contributed by atoms with van der Waals surface area (Å²) in [6, 6.07) is 14.2. The van der Waals surface area contributed by atoms with Gasteiger partial charge in [0.15, 0.2) is 17.3 Å². The number of hydrogen-bond acceptors (Lipinski definition) is 7. The average molecular weight is 566 g/mol. The number of rotatable bonds is 10. The van der Waals surface area contributed by atoms with Gasteiger partial charge < -0.3 is 34.7 Å². The topological polar surface area (TPSA) is 101 Å². The van der Waals surface area contributed by atoms with Gasteiger partial charge in [-0.15, -0.1) is 0 Å². The highest BCUT2D eigenvalue weighted by atomic mass is 19.1. The summed E-state index contributed by atoms with van der Waals surface area (Å²) in [5.41, 5.74) is 1.52. The highest BCUT2D eigenvalue weighted by Crippen LogP contribution is 2.41. The Hall–Kier alpha value is -3.47. The first-order chi connectivity index (χ1) is 20.0. The molecule has 1 aromatic heterocycles. The Balaban J connectivity index is 1.42. The molecule has 3 atom stereocenters. The van der Waals surface area contributed by atoms with Crippen LogP contribution in [0.2, 0.25) is 0 Å². The lowest BCUT2D eigenvalue weighted by molar-refractivity contribution is -0.0893. The standard InChI is InChI=1S/C31H40FN5O4/c1-40-20-31(39)15-7-6-13-26(31)37-21-35-27(28(37)22-9-4-3-5-10-22)30(38)36-18-17-33-19-23(36)14-16-34-25-12-8-11-24(32)29(25)41-2/h3-5,8-12,21,23,26,33-34,39H,6-7,13-20H2,1-2H3/t23-,26-,31-/m1/s1. The lowest BCUT2D eigenvalue weighted by Crippen LogP contribution is -2.54.